The minimum absolute atomic E-state index is 0.117. The van der Waals surface area contributed by atoms with Gasteiger partial charge in [-0.15, -0.1) is 0 Å². The predicted molar refractivity (Wildman–Crippen MR) is 67.5 cm³/mol. The molecule has 3 nitrogen and oxygen atoms in total. The molecule has 15 heavy (non-hydrogen) atoms. The zero-order chi connectivity index (χ0) is 10.8. The lowest BCUT2D eigenvalue weighted by Gasteiger charge is -2.19. The van der Waals surface area contributed by atoms with E-state index in [9.17, 15) is 0 Å². The number of hydrazine groups is 1. The van der Waals surface area contributed by atoms with Crippen molar-refractivity contribution in [3.8, 4) is 0 Å². The van der Waals surface area contributed by atoms with Crippen LogP contribution in [0, 0.1) is 0 Å². The molecular formula is C10H12ClN3S. The Morgan fingerprint density at radius 2 is 2.33 bits per heavy atom. The highest BCUT2D eigenvalue weighted by Gasteiger charge is 2.22. The summed E-state index contributed by atoms with van der Waals surface area (Å²) in [4.78, 5) is 4.45. The topological polar surface area (TPSA) is 27.6 Å². The van der Waals surface area contributed by atoms with Crippen LogP contribution >= 0.6 is 23.4 Å². The van der Waals surface area contributed by atoms with Gasteiger partial charge in [-0.3, -0.25) is 5.01 Å². The van der Waals surface area contributed by atoms with Crippen LogP contribution in [0.25, 0.3) is 0 Å². The van der Waals surface area contributed by atoms with Gasteiger partial charge in [0.25, 0.3) is 0 Å². The number of nitrogens with one attached hydrogen (secondary N) is 1. The summed E-state index contributed by atoms with van der Waals surface area (Å²) in [6.07, 6.45) is 2.13. The first-order valence-electron chi connectivity index (χ1n) is 4.64. The molecule has 5 heteroatoms. The normalized spacial score (nSPS) is 20.6. The molecule has 0 saturated carbocycles. The molecule has 1 heterocycles. The van der Waals surface area contributed by atoms with Gasteiger partial charge in [0, 0.05) is 5.02 Å². The number of rotatable bonds is 1. The van der Waals surface area contributed by atoms with Gasteiger partial charge in [-0.25, -0.2) is 10.4 Å². The Bertz CT molecular complexity index is 394. The standard InChI is InChI=1S/C10H12ClN3S/c1-7-12-10(15-2)14(13-7)9-5-3-4-8(11)6-9/h3-7,13H,1-2H3. The van der Waals surface area contributed by atoms with Crippen molar-refractivity contribution < 1.29 is 0 Å². The van der Waals surface area contributed by atoms with Crippen LogP contribution < -0.4 is 10.4 Å². The Labute approximate surface area is 98.5 Å². The van der Waals surface area contributed by atoms with Gasteiger partial charge >= 0.3 is 0 Å². The predicted octanol–water partition coefficient (Wildman–Crippen LogP) is 2.73. The van der Waals surface area contributed by atoms with Crippen molar-refractivity contribution >= 4 is 34.2 Å². The van der Waals surface area contributed by atoms with Gasteiger partial charge in [0.05, 0.1) is 5.69 Å². The second-order valence-corrected chi connectivity index (χ2v) is 4.45. The first-order chi connectivity index (χ1) is 7.20. The molecule has 0 spiro atoms. The maximum atomic E-state index is 5.95. The summed E-state index contributed by atoms with van der Waals surface area (Å²) < 4.78 is 0. The van der Waals surface area contributed by atoms with Crippen LogP contribution in [0.5, 0.6) is 0 Å². The SMILES string of the molecule is CSC1=NC(C)NN1c1cccc(Cl)c1. The van der Waals surface area contributed by atoms with Crippen molar-refractivity contribution in [2.24, 2.45) is 4.99 Å². The molecule has 1 aliphatic rings. The van der Waals surface area contributed by atoms with Crippen molar-refractivity contribution in [3.63, 3.8) is 0 Å². The Morgan fingerprint density at radius 1 is 1.53 bits per heavy atom. The van der Waals surface area contributed by atoms with Gasteiger partial charge in [0.1, 0.15) is 6.17 Å². The van der Waals surface area contributed by atoms with E-state index in [1.807, 2.05) is 42.5 Å². The van der Waals surface area contributed by atoms with Crippen molar-refractivity contribution in [2.75, 3.05) is 11.3 Å². The monoisotopic (exact) mass is 241 g/mol. The lowest BCUT2D eigenvalue weighted by molar-refractivity contribution is 0.632. The largest absolute Gasteiger partial charge is 0.252 e. The van der Waals surface area contributed by atoms with Crippen LogP contribution in [0.1, 0.15) is 6.92 Å². The molecule has 1 aliphatic heterocycles. The molecule has 1 N–H and O–H groups in total. The molecule has 0 fully saturated rings. The minimum Gasteiger partial charge on any atom is -0.252 e. The lowest BCUT2D eigenvalue weighted by atomic mass is 10.3. The average Bonchev–Trinajstić information content (AvgIpc) is 2.59. The van der Waals surface area contributed by atoms with Gasteiger partial charge in [-0.05, 0) is 31.4 Å². The number of hydrogen-bond donors (Lipinski definition) is 1. The van der Waals surface area contributed by atoms with E-state index in [0.717, 1.165) is 15.9 Å². The Balaban J connectivity index is 2.28. The Hall–Kier alpha value is -0.710. The maximum absolute atomic E-state index is 5.95. The molecule has 1 aromatic carbocycles. The van der Waals surface area contributed by atoms with Crippen LogP contribution in [0.2, 0.25) is 5.02 Å². The van der Waals surface area contributed by atoms with Gasteiger partial charge < -0.3 is 0 Å². The van der Waals surface area contributed by atoms with E-state index >= 15 is 0 Å². The van der Waals surface area contributed by atoms with Gasteiger partial charge in [-0.1, -0.05) is 29.4 Å². The molecule has 1 atom stereocenters. The molecule has 0 aromatic heterocycles. The number of nitrogens with zero attached hydrogens (tertiary/aromatic N) is 2. The van der Waals surface area contributed by atoms with E-state index in [1.54, 1.807) is 11.8 Å². The summed E-state index contributed by atoms with van der Waals surface area (Å²) in [5.74, 6) is 0. The third-order valence-corrected chi connectivity index (χ3v) is 2.95. The van der Waals surface area contributed by atoms with E-state index in [4.69, 9.17) is 11.6 Å². The first kappa shape index (κ1) is 10.8. The zero-order valence-electron chi connectivity index (χ0n) is 8.57. The summed E-state index contributed by atoms with van der Waals surface area (Å²) in [6, 6.07) is 7.71. The third kappa shape index (κ3) is 2.27. The summed E-state index contributed by atoms with van der Waals surface area (Å²) in [6.45, 7) is 2.01. The molecule has 0 bridgehead atoms. The van der Waals surface area contributed by atoms with Crippen molar-refractivity contribution in [3.05, 3.63) is 29.3 Å². The van der Waals surface area contributed by atoms with Gasteiger partial charge in [0.15, 0.2) is 5.17 Å². The lowest BCUT2D eigenvalue weighted by Crippen LogP contribution is -2.38. The highest BCUT2D eigenvalue weighted by molar-refractivity contribution is 8.13. The highest BCUT2D eigenvalue weighted by Crippen LogP contribution is 2.23. The molecule has 80 valence electrons. The molecule has 0 radical (unpaired) electrons. The molecule has 0 aliphatic carbocycles. The number of halogens is 1. The van der Waals surface area contributed by atoms with Crippen molar-refractivity contribution in [1.29, 1.82) is 0 Å². The highest BCUT2D eigenvalue weighted by atomic mass is 35.5. The van der Waals surface area contributed by atoms with E-state index in [1.165, 1.54) is 0 Å². The van der Waals surface area contributed by atoms with Crippen LogP contribution in [-0.2, 0) is 0 Å². The molecule has 0 saturated heterocycles. The fourth-order valence-corrected chi connectivity index (χ4v) is 2.23. The number of amidine groups is 1. The molecule has 2 rings (SSSR count). The number of anilines is 1. The summed E-state index contributed by atoms with van der Waals surface area (Å²) in [7, 11) is 0. The van der Waals surface area contributed by atoms with Crippen molar-refractivity contribution in [1.82, 2.24) is 5.43 Å². The van der Waals surface area contributed by atoms with Crippen LogP contribution in [-0.4, -0.2) is 17.6 Å². The summed E-state index contributed by atoms with van der Waals surface area (Å²) in [5.41, 5.74) is 4.26. The smallest absolute Gasteiger partial charge is 0.179 e. The molecule has 0 amide bonds. The second kappa shape index (κ2) is 4.43. The Morgan fingerprint density at radius 3 is 3.00 bits per heavy atom. The third-order valence-electron chi connectivity index (χ3n) is 2.06. The Kier molecular flexibility index (Phi) is 3.19. The average molecular weight is 242 g/mol. The summed E-state index contributed by atoms with van der Waals surface area (Å²) in [5, 5.41) is 3.65. The molecular weight excluding hydrogens is 230 g/mol. The fraction of sp³-hybridized carbons (Fsp3) is 0.300. The van der Waals surface area contributed by atoms with Crippen LogP contribution in [0.3, 0.4) is 0 Å². The first-order valence-corrected chi connectivity index (χ1v) is 6.24. The molecule has 1 unspecified atom stereocenters. The van der Waals surface area contributed by atoms with Crippen molar-refractivity contribution in [2.45, 2.75) is 13.1 Å². The minimum atomic E-state index is 0.117. The number of hydrogen-bond acceptors (Lipinski definition) is 4. The quantitative estimate of drug-likeness (QED) is 0.819. The maximum Gasteiger partial charge on any atom is 0.179 e. The number of benzene rings is 1. The fourth-order valence-electron chi connectivity index (χ4n) is 1.44. The summed E-state index contributed by atoms with van der Waals surface area (Å²) >= 11 is 7.56. The van der Waals surface area contributed by atoms with Crippen LogP contribution in [0.4, 0.5) is 5.69 Å². The van der Waals surface area contributed by atoms with E-state index in [-0.39, 0.29) is 6.17 Å². The molecule has 1 aromatic rings. The van der Waals surface area contributed by atoms with Gasteiger partial charge in [0.2, 0.25) is 0 Å². The van der Waals surface area contributed by atoms with E-state index < -0.39 is 0 Å². The number of aliphatic imine (C=N–C) groups is 1. The van der Waals surface area contributed by atoms with E-state index in [0.29, 0.717) is 0 Å². The van der Waals surface area contributed by atoms with Crippen LogP contribution in [0.15, 0.2) is 29.3 Å². The van der Waals surface area contributed by atoms with Gasteiger partial charge in [-0.2, -0.15) is 0 Å². The van der Waals surface area contributed by atoms with E-state index in [2.05, 4.69) is 10.4 Å². The second-order valence-electron chi connectivity index (χ2n) is 3.24. The zero-order valence-corrected chi connectivity index (χ0v) is 10.1. The number of thioether (sulfide) groups is 1.